The fourth-order valence-electron chi connectivity index (χ4n) is 2.41. The molecule has 0 bridgehead atoms. The number of nitrogens with one attached hydrogen (secondary N) is 1. The van der Waals surface area contributed by atoms with E-state index in [0.29, 0.717) is 17.2 Å². The van der Waals surface area contributed by atoms with Crippen LogP contribution < -0.4 is 10.1 Å². The van der Waals surface area contributed by atoms with Gasteiger partial charge in [0.25, 0.3) is 5.91 Å². The Labute approximate surface area is 158 Å². The van der Waals surface area contributed by atoms with Crippen molar-refractivity contribution in [3.05, 3.63) is 53.0 Å². The molecule has 1 aliphatic rings. The van der Waals surface area contributed by atoms with Crippen molar-refractivity contribution in [1.29, 1.82) is 0 Å². The van der Waals surface area contributed by atoms with Gasteiger partial charge in [-0.1, -0.05) is 15.9 Å². The van der Waals surface area contributed by atoms with Crippen LogP contribution in [0, 0.1) is 0 Å². The maximum absolute atomic E-state index is 12.1. The van der Waals surface area contributed by atoms with Gasteiger partial charge in [0.1, 0.15) is 24.6 Å². The third-order valence-corrected chi connectivity index (χ3v) is 4.25. The number of benzene rings is 2. The van der Waals surface area contributed by atoms with Crippen LogP contribution in [0.2, 0.25) is 0 Å². The molecule has 26 heavy (non-hydrogen) atoms. The Kier molecular flexibility index (Phi) is 5.22. The maximum atomic E-state index is 12.1. The first kappa shape index (κ1) is 17.9. The summed E-state index contributed by atoms with van der Waals surface area (Å²) in [4.78, 5) is 37.7. The molecule has 4 amide bonds. The number of amides is 4. The molecule has 8 heteroatoms. The molecule has 0 aliphatic carbocycles. The molecule has 0 radical (unpaired) electrons. The van der Waals surface area contributed by atoms with Gasteiger partial charge in [0.15, 0.2) is 0 Å². The summed E-state index contributed by atoms with van der Waals surface area (Å²) in [5, 5.41) is 2.66. The lowest BCUT2D eigenvalue weighted by atomic mass is 10.3. The van der Waals surface area contributed by atoms with Crippen molar-refractivity contribution in [2.45, 2.75) is 0 Å². The third kappa shape index (κ3) is 4.20. The number of ether oxygens (including phenoxy) is 1. The van der Waals surface area contributed by atoms with Gasteiger partial charge in [-0.25, -0.2) is 4.79 Å². The number of anilines is 1. The smallest absolute Gasteiger partial charge is 0.327 e. The summed E-state index contributed by atoms with van der Waals surface area (Å²) < 4.78 is 6.67. The maximum Gasteiger partial charge on any atom is 0.327 e. The molecule has 1 heterocycles. The SMILES string of the molecule is CN1CC(=O)N(CC(=O)Nc2ccc(Oc3ccc(Br)cc3)cc2)C1=O. The molecule has 134 valence electrons. The van der Waals surface area contributed by atoms with Crippen LogP contribution in [0.15, 0.2) is 53.0 Å². The molecule has 0 unspecified atom stereocenters. The van der Waals surface area contributed by atoms with E-state index in [4.69, 9.17) is 4.74 Å². The fourth-order valence-corrected chi connectivity index (χ4v) is 2.68. The zero-order chi connectivity index (χ0) is 18.7. The minimum Gasteiger partial charge on any atom is -0.457 e. The number of imide groups is 1. The number of hydrogen-bond acceptors (Lipinski definition) is 4. The first-order valence-electron chi connectivity index (χ1n) is 7.81. The van der Waals surface area contributed by atoms with Crippen LogP contribution in [0.4, 0.5) is 10.5 Å². The first-order valence-corrected chi connectivity index (χ1v) is 8.60. The molecule has 0 spiro atoms. The first-order chi connectivity index (χ1) is 12.4. The van der Waals surface area contributed by atoms with Crippen LogP contribution in [0.5, 0.6) is 11.5 Å². The largest absolute Gasteiger partial charge is 0.457 e. The molecule has 3 rings (SSSR count). The predicted octanol–water partition coefficient (Wildman–Crippen LogP) is 3.07. The average Bonchev–Trinajstić information content (AvgIpc) is 2.85. The molecule has 1 saturated heterocycles. The molecule has 0 aromatic heterocycles. The van der Waals surface area contributed by atoms with E-state index >= 15 is 0 Å². The zero-order valence-corrected chi connectivity index (χ0v) is 15.5. The fraction of sp³-hybridized carbons (Fsp3) is 0.167. The van der Waals surface area contributed by atoms with Crippen molar-refractivity contribution >= 4 is 39.5 Å². The van der Waals surface area contributed by atoms with Crippen molar-refractivity contribution in [2.24, 2.45) is 0 Å². The summed E-state index contributed by atoms with van der Waals surface area (Å²) >= 11 is 3.36. The van der Waals surface area contributed by atoms with E-state index in [1.165, 1.54) is 11.9 Å². The van der Waals surface area contributed by atoms with Gasteiger partial charge in [-0.3, -0.25) is 14.5 Å². The minimum atomic E-state index is -0.469. The summed E-state index contributed by atoms with van der Waals surface area (Å²) in [5.41, 5.74) is 0.547. The molecular formula is C18H16BrN3O4. The highest BCUT2D eigenvalue weighted by atomic mass is 79.9. The second-order valence-electron chi connectivity index (χ2n) is 5.75. The monoisotopic (exact) mass is 417 g/mol. The molecule has 2 aromatic carbocycles. The summed E-state index contributed by atoms with van der Waals surface area (Å²) in [6.07, 6.45) is 0. The van der Waals surface area contributed by atoms with E-state index in [2.05, 4.69) is 21.2 Å². The van der Waals surface area contributed by atoms with Gasteiger partial charge in [0, 0.05) is 17.2 Å². The Hall–Kier alpha value is -2.87. The van der Waals surface area contributed by atoms with Gasteiger partial charge in [-0.05, 0) is 48.5 Å². The van der Waals surface area contributed by atoms with Crippen LogP contribution in [-0.4, -0.2) is 47.8 Å². The number of nitrogens with zero attached hydrogens (tertiary/aromatic N) is 2. The molecule has 0 saturated carbocycles. The van der Waals surface area contributed by atoms with E-state index in [-0.39, 0.29) is 19.0 Å². The number of rotatable bonds is 5. The van der Waals surface area contributed by atoms with E-state index in [9.17, 15) is 14.4 Å². The van der Waals surface area contributed by atoms with Gasteiger partial charge < -0.3 is 15.0 Å². The molecule has 0 atom stereocenters. The van der Waals surface area contributed by atoms with Crippen LogP contribution in [0.25, 0.3) is 0 Å². The zero-order valence-electron chi connectivity index (χ0n) is 13.9. The van der Waals surface area contributed by atoms with Crippen molar-refractivity contribution in [1.82, 2.24) is 9.80 Å². The highest BCUT2D eigenvalue weighted by Crippen LogP contribution is 2.24. The van der Waals surface area contributed by atoms with E-state index in [1.54, 1.807) is 24.3 Å². The van der Waals surface area contributed by atoms with Gasteiger partial charge in [0.05, 0.1) is 0 Å². The second kappa shape index (κ2) is 7.57. The highest BCUT2D eigenvalue weighted by molar-refractivity contribution is 9.10. The van der Waals surface area contributed by atoms with Gasteiger partial charge in [0.2, 0.25) is 5.91 Å². The quantitative estimate of drug-likeness (QED) is 0.758. The second-order valence-corrected chi connectivity index (χ2v) is 6.66. The molecule has 2 aromatic rings. The standard InChI is InChI=1S/C18H16BrN3O4/c1-21-11-17(24)22(18(21)25)10-16(23)20-13-4-8-15(9-5-13)26-14-6-2-12(19)3-7-14/h2-9H,10-11H2,1H3,(H,20,23). The molecule has 1 N–H and O–H groups in total. The summed E-state index contributed by atoms with van der Waals surface area (Å²) in [5.74, 6) is 0.492. The van der Waals surface area contributed by atoms with Gasteiger partial charge >= 0.3 is 6.03 Å². The number of halogens is 1. The summed E-state index contributed by atoms with van der Waals surface area (Å²) in [6.45, 7) is -0.312. The predicted molar refractivity (Wildman–Crippen MR) is 99.0 cm³/mol. The number of likely N-dealkylation sites (N-methyl/N-ethyl adjacent to an activating group) is 1. The van der Waals surface area contributed by atoms with Crippen molar-refractivity contribution < 1.29 is 19.1 Å². The van der Waals surface area contributed by atoms with Gasteiger partial charge in [-0.2, -0.15) is 0 Å². The Morgan fingerprint density at radius 3 is 2.19 bits per heavy atom. The van der Waals surface area contributed by atoms with E-state index in [0.717, 1.165) is 9.37 Å². The van der Waals surface area contributed by atoms with Crippen LogP contribution >= 0.6 is 15.9 Å². The number of carbonyl (C=O) groups is 3. The Bertz CT molecular complexity index is 837. The number of urea groups is 1. The van der Waals surface area contributed by atoms with Crippen LogP contribution in [-0.2, 0) is 9.59 Å². The van der Waals surface area contributed by atoms with Crippen molar-refractivity contribution in [3.63, 3.8) is 0 Å². The summed E-state index contributed by atoms with van der Waals surface area (Å²) in [7, 11) is 1.52. The Morgan fingerprint density at radius 1 is 1.08 bits per heavy atom. The lowest BCUT2D eigenvalue weighted by molar-refractivity contribution is -0.129. The van der Waals surface area contributed by atoms with Crippen molar-refractivity contribution in [3.8, 4) is 11.5 Å². The lowest BCUT2D eigenvalue weighted by Crippen LogP contribution is -2.38. The Morgan fingerprint density at radius 2 is 1.65 bits per heavy atom. The van der Waals surface area contributed by atoms with E-state index in [1.807, 2.05) is 24.3 Å². The topological polar surface area (TPSA) is 79.0 Å². The van der Waals surface area contributed by atoms with E-state index < -0.39 is 11.9 Å². The molecule has 1 aliphatic heterocycles. The molecular weight excluding hydrogens is 402 g/mol. The third-order valence-electron chi connectivity index (χ3n) is 3.72. The van der Waals surface area contributed by atoms with Crippen LogP contribution in [0.3, 0.4) is 0 Å². The van der Waals surface area contributed by atoms with Gasteiger partial charge in [-0.15, -0.1) is 0 Å². The van der Waals surface area contributed by atoms with Crippen LogP contribution in [0.1, 0.15) is 0 Å². The highest BCUT2D eigenvalue weighted by Gasteiger charge is 2.34. The lowest BCUT2D eigenvalue weighted by Gasteiger charge is -2.14. The average molecular weight is 418 g/mol. The number of carbonyl (C=O) groups excluding carboxylic acids is 3. The normalized spacial score (nSPS) is 13.9. The Balaban J connectivity index is 1.57. The van der Waals surface area contributed by atoms with Crippen molar-refractivity contribution in [2.75, 3.05) is 25.5 Å². The minimum absolute atomic E-state index is 0.00575. The molecule has 7 nitrogen and oxygen atoms in total. The number of hydrogen-bond donors (Lipinski definition) is 1. The summed E-state index contributed by atoms with van der Waals surface area (Å²) in [6, 6.07) is 13.8. The molecule has 1 fully saturated rings.